The Labute approximate surface area is 148 Å². The Bertz CT molecular complexity index is 753. The Morgan fingerprint density at radius 3 is 2.56 bits per heavy atom. The van der Waals surface area contributed by atoms with Crippen LogP contribution in [0.1, 0.15) is 33.6 Å². The number of para-hydroxylation sites is 1. The molecule has 0 spiro atoms. The lowest BCUT2D eigenvalue weighted by Crippen LogP contribution is -2.50. The van der Waals surface area contributed by atoms with Gasteiger partial charge >= 0.3 is 0 Å². The van der Waals surface area contributed by atoms with Gasteiger partial charge in [-0.15, -0.1) is 6.58 Å². The summed E-state index contributed by atoms with van der Waals surface area (Å²) in [5.41, 5.74) is 2.29. The van der Waals surface area contributed by atoms with Crippen molar-refractivity contribution in [3.05, 3.63) is 43.0 Å². The van der Waals surface area contributed by atoms with E-state index in [2.05, 4.69) is 22.4 Å². The summed E-state index contributed by atoms with van der Waals surface area (Å²) >= 11 is 0. The first-order valence-corrected chi connectivity index (χ1v) is 8.64. The Morgan fingerprint density at radius 1 is 1.24 bits per heavy atom. The number of hydrazone groups is 1. The smallest absolute Gasteiger partial charge is 0.234 e. The fraction of sp³-hybridized carbons (Fsp3) is 0.450. The van der Waals surface area contributed by atoms with Gasteiger partial charge in [0.05, 0.1) is 5.69 Å². The zero-order valence-electron chi connectivity index (χ0n) is 15.1. The van der Waals surface area contributed by atoms with Gasteiger partial charge in [-0.05, 0) is 30.4 Å². The van der Waals surface area contributed by atoms with Crippen LogP contribution in [0, 0.1) is 16.2 Å². The molecule has 5 heteroatoms. The van der Waals surface area contributed by atoms with E-state index in [9.17, 15) is 9.59 Å². The second kappa shape index (κ2) is 5.83. The number of amides is 1. The minimum atomic E-state index is -1.05. The number of nitrogens with zero attached hydrogens (tertiary/aromatic N) is 1. The second-order valence-electron chi connectivity index (χ2n) is 7.63. The lowest BCUT2D eigenvalue weighted by Gasteiger charge is -2.37. The van der Waals surface area contributed by atoms with Crippen molar-refractivity contribution in [1.29, 1.82) is 0 Å². The standard InChI is InChI=1S/C20H25N3O2/c1-5-13-21-17(25)20-12-11-19(4,18(20,2)3)15(16(20)24)23-22-14-9-7-6-8-10-14/h5-10,22H,1,11-13H2,2-4H3,(H,21,25). The van der Waals surface area contributed by atoms with Crippen LogP contribution in [-0.4, -0.2) is 23.9 Å². The molecule has 25 heavy (non-hydrogen) atoms. The number of nitrogens with one attached hydrogen (secondary N) is 2. The van der Waals surface area contributed by atoms with Gasteiger partial charge in [-0.3, -0.25) is 15.0 Å². The molecule has 132 valence electrons. The van der Waals surface area contributed by atoms with Gasteiger partial charge in [0.1, 0.15) is 11.1 Å². The van der Waals surface area contributed by atoms with Crippen LogP contribution in [0.5, 0.6) is 0 Å². The van der Waals surface area contributed by atoms with Gasteiger partial charge in [-0.1, -0.05) is 45.0 Å². The maximum atomic E-state index is 13.3. The SMILES string of the molecule is C=CCNC(=O)C12CCC(C)(C(=NNc3ccccc3)C1=O)C2(C)C. The lowest BCUT2D eigenvalue weighted by molar-refractivity contribution is -0.143. The summed E-state index contributed by atoms with van der Waals surface area (Å²) in [6.07, 6.45) is 2.95. The van der Waals surface area contributed by atoms with Crippen LogP contribution in [-0.2, 0) is 9.59 Å². The van der Waals surface area contributed by atoms with E-state index in [0.717, 1.165) is 12.1 Å². The van der Waals surface area contributed by atoms with E-state index in [1.54, 1.807) is 6.08 Å². The van der Waals surface area contributed by atoms with E-state index >= 15 is 0 Å². The summed E-state index contributed by atoms with van der Waals surface area (Å²) in [7, 11) is 0. The van der Waals surface area contributed by atoms with Crippen molar-refractivity contribution in [3.63, 3.8) is 0 Å². The van der Waals surface area contributed by atoms with E-state index in [1.807, 2.05) is 51.1 Å². The molecule has 1 aromatic carbocycles. The number of carbonyl (C=O) groups excluding carboxylic acids is 2. The molecule has 0 saturated heterocycles. The molecule has 1 aromatic rings. The number of Topliss-reactive ketones (excluding diaryl/α,β-unsaturated/α-hetero) is 1. The molecule has 2 fully saturated rings. The maximum absolute atomic E-state index is 13.3. The summed E-state index contributed by atoms with van der Waals surface area (Å²) < 4.78 is 0. The van der Waals surface area contributed by atoms with Crippen LogP contribution in [0.3, 0.4) is 0 Å². The molecule has 2 bridgehead atoms. The van der Waals surface area contributed by atoms with E-state index in [1.165, 1.54) is 0 Å². The lowest BCUT2D eigenvalue weighted by atomic mass is 9.64. The summed E-state index contributed by atoms with van der Waals surface area (Å²) in [6.45, 7) is 10.1. The van der Waals surface area contributed by atoms with Crippen LogP contribution < -0.4 is 10.7 Å². The van der Waals surface area contributed by atoms with Gasteiger partial charge in [0, 0.05) is 12.0 Å². The van der Waals surface area contributed by atoms with Gasteiger partial charge in [0.25, 0.3) is 0 Å². The quantitative estimate of drug-likeness (QED) is 0.492. The third-order valence-corrected chi connectivity index (χ3v) is 6.44. The number of anilines is 1. The molecule has 2 unspecified atom stereocenters. The molecule has 0 heterocycles. The number of hydrogen-bond acceptors (Lipinski definition) is 4. The van der Waals surface area contributed by atoms with Crippen molar-refractivity contribution in [2.45, 2.75) is 33.6 Å². The summed E-state index contributed by atoms with van der Waals surface area (Å²) in [4.78, 5) is 26.2. The molecule has 2 N–H and O–H groups in total. The summed E-state index contributed by atoms with van der Waals surface area (Å²) in [5, 5.41) is 7.29. The minimum absolute atomic E-state index is 0.156. The van der Waals surface area contributed by atoms with Crippen LogP contribution in [0.25, 0.3) is 0 Å². The third-order valence-electron chi connectivity index (χ3n) is 6.44. The van der Waals surface area contributed by atoms with Crippen molar-refractivity contribution in [3.8, 4) is 0 Å². The van der Waals surface area contributed by atoms with Crippen LogP contribution in [0.2, 0.25) is 0 Å². The van der Waals surface area contributed by atoms with Crippen LogP contribution in [0.4, 0.5) is 5.69 Å². The number of carbonyl (C=O) groups is 2. The largest absolute Gasteiger partial charge is 0.352 e. The molecule has 5 nitrogen and oxygen atoms in total. The second-order valence-corrected chi connectivity index (χ2v) is 7.63. The topological polar surface area (TPSA) is 70.6 Å². The van der Waals surface area contributed by atoms with Gasteiger partial charge < -0.3 is 5.32 Å². The normalized spacial score (nSPS) is 31.2. The highest BCUT2D eigenvalue weighted by Gasteiger charge is 2.76. The highest BCUT2D eigenvalue weighted by molar-refractivity contribution is 6.50. The number of fused-ring (bicyclic) bond motifs is 2. The van der Waals surface area contributed by atoms with Gasteiger partial charge in [-0.25, -0.2) is 0 Å². The van der Waals surface area contributed by atoms with Crippen molar-refractivity contribution in [2.75, 3.05) is 12.0 Å². The third kappa shape index (κ3) is 2.18. The Kier molecular flexibility index (Phi) is 4.06. The average molecular weight is 339 g/mol. The van der Waals surface area contributed by atoms with Crippen molar-refractivity contribution in [1.82, 2.24) is 5.32 Å². The maximum Gasteiger partial charge on any atom is 0.234 e. The Hall–Kier alpha value is -2.43. The van der Waals surface area contributed by atoms with E-state index in [4.69, 9.17) is 0 Å². The number of rotatable bonds is 5. The average Bonchev–Trinajstić information content (AvgIpc) is 2.88. The van der Waals surface area contributed by atoms with Crippen molar-refractivity contribution in [2.24, 2.45) is 21.3 Å². The minimum Gasteiger partial charge on any atom is -0.352 e. The number of ketones is 1. The number of benzene rings is 1. The zero-order chi connectivity index (χ0) is 18.3. The first-order chi connectivity index (χ1) is 11.8. The summed E-state index contributed by atoms with van der Waals surface area (Å²) in [5.74, 6) is -0.368. The molecular weight excluding hydrogens is 314 g/mol. The van der Waals surface area contributed by atoms with Gasteiger partial charge in [0.2, 0.25) is 5.91 Å². The highest BCUT2D eigenvalue weighted by Crippen LogP contribution is 2.69. The van der Waals surface area contributed by atoms with Gasteiger partial charge in [0.15, 0.2) is 5.78 Å². The van der Waals surface area contributed by atoms with Crippen LogP contribution >= 0.6 is 0 Å². The Balaban J connectivity index is 1.99. The molecular formula is C20H25N3O2. The van der Waals surface area contributed by atoms with Crippen molar-refractivity contribution >= 4 is 23.1 Å². The highest BCUT2D eigenvalue weighted by atomic mass is 16.2. The first kappa shape index (κ1) is 17.4. The fourth-order valence-electron chi connectivity index (χ4n) is 4.42. The molecule has 2 atom stereocenters. The fourth-order valence-corrected chi connectivity index (χ4v) is 4.42. The van der Waals surface area contributed by atoms with E-state index in [-0.39, 0.29) is 11.7 Å². The van der Waals surface area contributed by atoms with Gasteiger partial charge in [-0.2, -0.15) is 5.10 Å². The molecule has 1 amide bonds. The monoisotopic (exact) mass is 339 g/mol. The summed E-state index contributed by atoms with van der Waals surface area (Å²) in [6, 6.07) is 9.51. The molecule has 0 radical (unpaired) electrons. The predicted molar refractivity (Wildman–Crippen MR) is 99.3 cm³/mol. The molecule has 0 aliphatic heterocycles. The first-order valence-electron chi connectivity index (χ1n) is 8.64. The molecule has 2 saturated carbocycles. The number of hydrogen-bond donors (Lipinski definition) is 2. The molecule has 0 aromatic heterocycles. The van der Waals surface area contributed by atoms with E-state index < -0.39 is 16.2 Å². The molecule has 2 aliphatic rings. The molecule has 2 aliphatic carbocycles. The molecule has 3 rings (SSSR count). The zero-order valence-corrected chi connectivity index (χ0v) is 15.1. The van der Waals surface area contributed by atoms with E-state index in [0.29, 0.717) is 18.7 Å². The van der Waals surface area contributed by atoms with Crippen LogP contribution in [0.15, 0.2) is 48.1 Å². The van der Waals surface area contributed by atoms with Crippen molar-refractivity contribution < 1.29 is 9.59 Å². The Morgan fingerprint density at radius 2 is 1.92 bits per heavy atom. The predicted octanol–water partition coefficient (Wildman–Crippen LogP) is 3.15.